The Labute approximate surface area is 194 Å². The minimum absolute atomic E-state index is 0.0270. The number of amides is 1. The highest BCUT2D eigenvalue weighted by Crippen LogP contribution is 2.49. The second-order valence-electron chi connectivity index (χ2n) is 7.75. The van der Waals surface area contributed by atoms with Crippen molar-refractivity contribution >= 4 is 17.5 Å². The Morgan fingerprint density at radius 3 is 2.23 bits per heavy atom. The predicted octanol–water partition coefficient (Wildman–Crippen LogP) is 4.57. The number of nitrogens with two attached hydrogens (primary N) is 1. The molecule has 12 heteroatoms. The van der Waals surface area contributed by atoms with Crippen molar-refractivity contribution < 1.29 is 31.1 Å². The van der Waals surface area contributed by atoms with Crippen molar-refractivity contribution in [2.45, 2.75) is 30.6 Å². The average Bonchev–Trinajstić information content (AvgIpc) is 3.59. The van der Waals surface area contributed by atoms with E-state index in [1.807, 2.05) is 0 Å². The van der Waals surface area contributed by atoms with Gasteiger partial charge in [-0.25, -0.2) is 15.0 Å². The van der Waals surface area contributed by atoms with E-state index in [1.54, 1.807) is 24.3 Å². The number of pyridine rings is 1. The van der Waals surface area contributed by atoms with E-state index in [1.165, 1.54) is 0 Å². The van der Waals surface area contributed by atoms with Crippen molar-refractivity contribution in [3.8, 4) is 11.8 Å². The van der Waals surface area contributed by atoms with E-state index in [0.717, 1.165) is 12.3 Å². The molecule has 35 heavy (non-hydrogen) atoms. The third-order valence-electron chi connectivity index (χ3n) is 5.38. The molecule has 0 bridgehead atoms. The van der Waals surface area contributed by atoms with Gasteiger partial charge in [0.2, 0.25) is 11.9 Å². The molecule has 2 heterocycles. The molecule has 0 saturated heterocycles. The minimum Gasteiger partial charge on any atom is -0.369 e. The molecule has 2 aromatic heterocycles. The van der Waals surface area contributed by atoms with Gasteiger partial charge >= 0.3 is 12.4 Å². The second-order valence-corrected chi connectivity index (χ2v) is 7.75. The molecule has 0 spiro atoms. The molecule has 1 fully saturated rings. The first kappa shape index (κ1) is 24.0. The predicted molar refractivity (Wildman–Crippen MR) is 112 cm³/mol. The van der Waals surface area contributed by atoms with Gasteiger partial charge in [0.1, 0.15) is 17.0 Å². The number of carbonyl (C=O) groups is 1. The molecule has 1 aromatic carbocycles. The summed E-state index contributed by atoms with van der Waals surface area (Å²) in [6.45, 7) is 0. The normalized spacial score (nSPS) is 14.6. The topological polar surface area (TPSA) is 93.8 Å². The number of nitrogens with zero attached hydrogens (tertiary/aromatic N) is 3. The summed E-state index contributed by atoms with van der Waals surface area (Å²) >= 11 is 0. The van der Waals surface area contributed by atoms with E-state index in [2.05, 4.69) is 32.1 Å². The largest absolute Gasteiger partial charge is 0.433 e. The van der Waals surface area contributed by atoms with Crippen molar-refractivity contribution in [2.24, 2.45) is 5.73 Å². The fraction of sp³-hybridized carbons (Fsp3) is 0.217. The van der Waals surface area contributed by atoms with E-state index in [4.69, 9.17) is 5.73 Å². The van der Waals surface area contributed by atoms with E-state index < -0.39 is 40.6 Å². The van der Waals surface area contributed by atoms with Gasteiger partial charge in [0.05, 0.1) is 17.3 Å². The number of aromatic nitrogens is 3. The van der Waals surface area contributed by atoms with Gasteiger partial charge < -0.3 is 11.1 Å². The SMILES string of the molecule is NC(=O)C1(c2ccccc2C#Cc2nc(Nc3ccc(C(F)(F)F)nc3)ncc2C(F)(F)F)CC1. The monoisotopic (exact) mass is 491 g/mol. The van der Waals surface area contributed by atoms with Crippen LogP contribution < -0.4 is 11.1 Å². The fourth-order valence-electron chi connectivity index (χ4n) is 3.42. The Morgan fingerprint density at radius 1 is 0.943 bits per heavy atom. The van der Waals surface area contributed by atoms with Crippen LogP contribution in [0.1, 0.15) is 40.9 Å². The zero-order valence-electron chi connectivity index (χ0n) is 17.6. The Hall–Kier alpha value is -4.14. The average molecular weight is 491 g/mol. The van der Waals surface area contributed by atoms with Crippen LogP contribution in [-0.4, -0.2) is 20.9 Å². The maximum Gasteiger partial charge on any atom is 0.433 e. The number of rotatable bonds is 4. The summed E-state index contributed by atoms with van der Waals surface area (Å²) in [5.74, 6) is 4.17. The van der Waals surface area contributed by atoms with Crippen LogP contribution in [0.25, 0.3) is 0 Å². The highest BCUT2D eigenvalue weighted by atomic mass is 19.4. The Balaban J connectivity index is 1.69. The highest BCUT2D eigenvalue weighted by molar-refractivity contribution is 5.90. The summed E-state index contributed by atoms with van der Waals surface area (Å²) in [5, 5.41) is 2.51. The molecular formula is C23H15F6N5O. The van der Waals surface area contributed by atoms with Crippen LogP contribution in [0.4, 0.5) is 38.0 Å². The standard InChI is InChI=1S/C23H15F6N5O/c24-22(25,26)16-12-32-20(33-14-6-8-18(31-11-14)23(27,28)29)34-17(16)7-5-13-3-1-2-4-15(13)21(9-10-21)19(30)35/h1-4,6,8,11-12H,9-10H2,(H2,30,35)(H,32,33,34). The van der Waals surface area contributed by atoms with Crippen LogP contribution >= 0.6 is 0 Å². The number of alkyl halides is 6. The number of halogens is 6. The number of benzene rings is 1. The Morgan fingerprint density at radius 2 is 1.66 bits per heavy atom. The molecule has 1 saturated carbocycles. The maximum absolute atomic E-state index is 13.5. The number of primary amides is 1. The van der Waals surface area contributed by atoms with Crippen molar-refractivity contribution in [1.82, 2.24) is 15.0 Å². The number of anilines is 2. The summed E-state index contributed by atoms with van der Waals surface area (Å²) < 4.78 is 78.6. The van der Waals surface area contributed by atoms with Gasteiger partial charge in [-0.3, -0.25) is 4.79 Å². The lowest BCUT2D eigenvalue weighted by Gasteiger charge is -2.13. The molecular weight excluding hydrogens is 476 g/mol. The fourth-order valence-corrected chi connectivity index (χ4v) is 3.42. The van der Waals surface area contributed by atoms with Gasteiger partial charge in [-0.05, 0) is 42.5 Å². The van der Waals surface area contributed by atoms with Gasteiger partial charge in [0.25, 0.3) is 0 Å². The molecule has 0 atom stereocenters. The van der Waals surface area contributed by atoms with Crippen molar-refractivity contribution in [2.75, 3.05) is 5.32 Å². The summed E-state index contributed by atoms with van der Waals surface area (Å²) in [6.07, 6.45) is -7.06. The summed E-state index contributed by atoms with van der Waals surface area (Å²) in [4.78, 5) is 22.6. The zero-order valence-corrected chi connectivity index (χ0v) is 17.6. The number of carbonyl (C=O) groups excluding carboxylic acids is 1. The van der Waals surface area contributed by atoms with E-state index in [9.17, 15) is 31.1 Å². The van der Waals surface area contributed by atoms with Gasteiger partial charge in [-0.15, -0.1) is 0 Å². The quantitative estimate of drug-likeness (QED) is 0.412. The molecule has 0 unspecified atom stereocenters. The van der Waals surface area contributed by atoms with E-state index >= 15 is 0 Å². The molecule has 1 aliphatic rings. The van der Waals surface area contributed by atoms with Gasteiger partial charge in [-0.1, -0.05) is 24.1 Å². The summed E-state index contributed by atoms with van der Waals surface area (Å²) in [7, 11) is 0. The summed E-state index contributed by atoms with van der Waals surface area (Å²) in [5.41, 5.74) is 2.51. The van der Waals surface area contributed by atoms with Crippen LogP contribution in [0, 0.1) is 11.8 Å². The Kier molecular flexibility index (Phi) is 5.88. The minimum atomic E-state index is -4.82. The first-order valence-corrected chi connectivity index (χ1v) is 10.1. The number of hydrogen-bond donors (Lipinski definition) is 2. The first-order valence-electron chi connectivity index (χ1n) is 10.1. The number of nitrogens with one attached hydrogen (secondary N) is 1. The third kappa shape index (κ3) is 5.03. The molecule has 3 aromatic rings. The Bertz CT molecular complexity index is 1340. The first-order chi connectivity index (χ1) is 16.4. The lowest BCUT2D eigenvalue weighted by molar-refractivity contribution is -0.141. The van der Waals surface area contributed by atoms with E-state index in [-0.39, 0.29) is 11.6 Å². The van der Waals surface area contributed by atoms with Gasteiger partial charge in [0.15, 0.2) is 0 Å². The van der Waals surface area contributed by atoms with E-state index in [0.29, 0.717) is 36.2 Å². The van der Waals surface area contributed by atoms with Gasteiger partial charge in [0, 0.05) is 11.8 Å². The summed E-state index contributed by atoms with van der Waals surface area (Å²) in [6, 6.07) is 8.26. The van der Waals surface area contributed by atoms with Gasteiger partial charge in [-0.2, -0.15) is 26.3 Å². The highest BCUT2D eigenvalue weighted by Gasteiger charge is 2.51. The lowest BCUT2D eigenvalue weighted by atomic mass is 9.91. The molecule has 1 aliphatic carbocycles. The molecule has 3 N–H and O–H groups in total. The molecule has 0 radical (unpaired) electrons. The maximum atomic E-state index is 13.5. The van der Waals surface area contributed by atoms with Crippen LogP contribution in [-0.2, 0) is 22.6 Å². The smallest absolute Gasteiger partial charge is 0.369 e. The molecule has 1 amide bonds. The van der Waals surface area contributed by atoms with Crippen molar-refractivity contribution in [3.63, 3.8) is 0 Å². The van der Waals surface area contributed by atoms with Crippen LogP contribution in [0.3, 0.4) is 0 Å². The molecule has 6 nitrogen and oxygen atoms in total. The third-order valence-corrected chi connectivity index (χ3v) is 5.38. The lowest BCUT2D eigenvalue weighted by Crippen LogP contribution is -2.29. The molecule has 4 rings (SSSR count). The number of hydrogen-bond acceptors (Lipinski definition) is 5. The second kappa shape index (κ2) is 8.57. The van der Waals surface area contributed by atoms with Crippen LogP contribution in [0.15, 0.2) is 48.8 Å². The van der Waals surface area contributed by atoms with Crippen LogP contribution in [0.2, 0.25) is 0 Å². The van der Waals surface area contributed by atoms with Crippen molar-refractivity contribution in [1.29, 1.82) is 0 Å². The van der Waals surface area contributed by atoms with Crippen molar-refractivity contribution in [3.05, 3.63) is 76.9 Å². The zero-order chi connectivity index (χ0) is 25.4. The molecule has 180 valence electrons. The molecule has 0 aliphatic heterocycles. The van der Waals surface area contributed by atoms with Crippen LogP contribution in [0.5, 0.6) is 0 Å².